The smallest absolute Gasteiger partial charge is 0.240 e. The van der Waals surface area contributed by atoms with E-state index in [0.717, 1.165) is 42.1 Å². The van der Waals surface area contributed by atoms with Crippen LogP contribution in [0.1, 0.15) is 18.4 Å². The Bertz CT molecular complexity index is 1010. The fraction of sp³-hybridized carbons (Fsp3) is 0.333. The van der Waals surface area contributed by atoms with Gasteiger partial charge in [-0.3, -0.25) is 14.7 Å². The molecule has 7 nitrogen and oxygen atoms in total. The lowest BCUT2D eigenvalue weighted by Crippen LogP contribution is -2.34. The molecule has 2 heterocycles. The minimum Gasteiger partial charge on any atom is -0.497 e. The van der Waals surface area contributed by atoms with Gasteiger partial charge in [0.05, 0.1) is 25.5 Å². The average molecular weight is 421 g/mol. The van der Waals surface area contributed by atoms with E-state index in [1.807, 2.05) is 66.2 Å². The number of benzene rings is 2. The van der Waals surface area contributed by atoms with Crippen LogP contribution >= 0.6 is 0 Å². The zero-order valence-electron chi connectivity index (χ0n) is 17.9. The molecule has 0 spiro atoms. The zero-order chi connectivity index (χ0) is 21.6. The van der Waals surface area contributed by atoms with E-state index in [0.29, 0.717) is 12.5 Å². The van der Waals surface area contributed by atoms with Crippen LogP contribution in [0.15, 0.2) is 54.7 Å². The Morgan fingerprint density at radius 1 is 1.19 bits per heavy atom. The number of amides is 1. The molecule has 1 fully saturated rings. The molecule has 1 aliphatic heterocycles. The van der Waals surface area contributed by atoms with E-state index in [9.17, 15) is 4.79 Å². The standard InChI is InChI=1S/C24H28N4O3/c1-17-5-9-19(10-6-17)28-16-22(18-7-11-20(30-2)12-8-18)26-24(28)27-23(29)15-25-14-21-4-3-13-31-21/h5-12,16,21,25H,3-4,13-15H2,1-2H3,(H,26,27,29). The molecule has 31 heavy (non-hydrogen) atoms. The normalized spacial score (nSPS) is 15.7. The first kappa shape index (κ1) is 21.1. The van der Waals surface area contributed by atoms with Crippen molar-refractivity contribution in [2.75, 3.05) is 32.1 Å². The summed E-state index contributed by atoms with van der Waals surface area (Å²) >= 11 is 0. The highest BCUT2D eigenvalue weighted by atomic mass is 16.5. The lowest BCUT2D eigenvalue weighted by molar-refractivity contribution is -0.115. The quantitative estimate of drug-likeness (QED) is 0.583. The first-order valence-corrected chi connectivity index (χ1v) is 10.6. The first-order chi connectivity index (χ1) is 15.1. The summed E-state index contributed by atoms with van der Waals surface area (Å²) in [5.74, 6) is 1.13. The molecule has 2 N–H and O–H groups in total. The number of ether oxygens (including phenoxy) is 2. The summed E-state index contributed by atoms with van der Waals surface area (Å²) in [6.07, 6.45) is 4.25. The maximum Gasteiger partial charge on any atom is 0.240 e. The number of carbonyl (C=O) groups is 1. The third kappa shape index (κ3) is 5.31. The van der Waals surface area contributed by atoms with Crippen molar-refractivity contribution in [1.82, 2.24) is 14.9 Å². The van der Waals surface area contributed by atoms with E-state index in [1.165, 1.54) is 5.56 Å². The van der Waals surface area contributed by atoms with Crippen LogP contribution in [0, 0.1) is 6.92 Å². The number of aromatic nitrogens is 2. The van der Waals surface area contributed by atoms with Crippen LogP contribution in [0.2, 0.25) is 0 Å². The summed E-state index contributed by atoms with van der Waals surface area (Å²) in [7, 11) is 1.64. The van der Waals surface area contributed by atoms with Crippen molar-refractivity contribution in [3.8, 4) is 22.7 Å². The van der Waals surface area contributed by atoms with Crippen molar-refractivity contribution in [2.45, 2.75) is 25.9 Å². The molecule has 4 rings (SSSR count). The van der Waals surface area contributed by atoms with Crippen LogP contribution in [0.4, 0.5) is 5.95 Å². The molecule has 0 radical (unpaired) electrons. The molecule has 1 aliphatic rings. The Morgan fingerprint density at radius 3 is 2.65 bits per heavy atom. The fourth-order valence-electron chi connectivity index (χ4n) is 3.59. The Kier molecular flexibility index (Phi) is 6.64. The van der Waals surface area contributed by atoms with Crippen LogP contribution in [-0.2, 0) is 9.53 Å². The topological polar surface area (TPSA) is 77.4 Å². The summed E-state index contributed by atoms with van der Waals surface area (Å²) in [6.45, 7) is 3.74. The monoisotopic (exact) mass is 420 g/mol. The third-order valence-corrected chi connectivity index (χ3v) is 5.34. The highest BCUT2D eigenvalue weighted by molar-refractivity contribution is 5.91. The predicted octanol–water partition coefficient (Wildman–Crippen LogP) is 3.56. The van der Waals surface area contributed by atoms with Gasteiger partial charge in [0.1, 0.15) is 5.75 Å². The van der Waals surface area contributed by atoms with Crippen LogP contribution in [0.5, 0.6) is 5.75 Å². The van der Waals surface area contributed by atoms with Crippen molar-refractivity contribution in [3.05, 3.63) is 60.3 Å². The maximum atomic E-state index is 12.6. The largest absolute Gasteiger partial charge is 0.497 e. The lowest BCUT2D eigenvalue weighted by Gasteiger charge is -2.12. The predicted molar refractivity (Wildman–Crippen MR) is 121 cm³/mol. The van der Waals surface area contributed by atoms with Gasteiger partial charge in [0.2, 0.25) is 11.9 Å². The van der Waals surface area contributed by atoms with Crippen molar-refractivity contribution in [2.24, 2.45) is 0 Å². The zero-order valence-corrected chi connectivity index (χ0v) is 17.9. The SMILES string of the molecule is COc1ccc(-c2cn(-c3ccc(C)cc3)c(NC(=O)CNCC3CCCO3)n2)cc1. The van der Waals surface area contributed by atoms with E-state index in [1.54, 1.807) is 7.11 Å². The Morgan fingerprint density at radius 2 is 1.97 bits per heavy atom. The van der Waals surface area contributed by atoms with Gasteiger partial charge in [-0.2, -0.15) is 0 Å². The van der Waals surface area contributed by atoms with E-state index in [4.69, 9.17) is 14.5 Å². The molecule has 0 aliphatic carbocycles. The number of anilines is 1. The van der Waals surface area contributed by atoms with Gasteiger partial charge >= 0.3 is 0 Å². The highest BCUT2D eigenvalue weighted by Crippen LogP contribution is 2.26. The van der Waals surface area contributed by atoms with Gasteiger partial charge in [-0.05, 0) is 56.2 Å². The second kappa shape index (κ2) is 9.76. The maximum absolute atomic E-state index is 12.6. The van der Waals surface area contributed by atoms with Crippen molar-refractivity contribution in [1.29, 1.82) is 0 Å². The summed E-state index contributed by atoms with van der Waals surface area (Å²) in [6, 6.07) is 15.8. The van der Waals surface area contributed by atoms with Crippen LogP contribution in [0.25, 0.3) is 16.9 Å². The van der Waals surface area contributed by atoms with Crippen molar-refractivity contribution >= 4 is 11.9 Å². The van der Waals surface area contributed by atoms with E-state index in [-0.39, 0.29) is 18.6 Å². The highest BCUT2D eigenvalue weighted by Gasteiger charge is 2.17. The van der Waals surface area contributed by atoms with Crippen LogP contribution < -0.4 is 15.4 Å². The van der Waals surface area contributed by atoms with Gasteiger partial charge in [-0.15, -0.1) is 0 Å². The van der Waals surface area contributed by atoms with Gasteiger partial charge in [0.15, 0.2) is 0 Å². The lowest BCUT2D eigenvalue weighted by atomic mass is 10.1. The molecular formula is C24H28N4O3. The number of imidazole rings is 1. The second-order valence-electron chi connectivity index (χ2n) is 7.70. The van der Waals surface area contributed by atoms with Gasteiger partial charge in [-0.1, -0.05) is 17.7 Å². The number of nitrogens with one attached hydrogen (secondary N) is 2. The molecule has 1 atom stereocenters. The second-order valence-corrected chi connectivity index (χ2v) is 7.70. The van der Waals surface area contributed by atoms with E-state index < -0.39 is 0 Å². The van der Waals surface area contributed by atoms with Crippen LogP contribution in [-0.4, -0.2) is 48.4 Å². The molecule has 1 unspecified atom stereocenters. The molecule has 7 heteroatoms. The molecule has 162 valence electrons. The fourth-order valence-corrected chi connectivity index (χ4v) is 3.59. The number of methoxy groups -OCH3 is 1. The number of rotatable bonds is 8. The van der Waals surface area contributed by atoms with E-state index in [2.05, 4.69) is 10.6 Å². The Hall–Kier alpha value is -3.16. The third-order valence-electron chi connectivity index (χ3n) is 5.34. The summed E-state index contributed by atoms with van der Waals surface area (Å²) in [4.78, 5) is 17.3. The van der Waals surface area contributed by atoms with Crippen LogP contribution in [0.3, 0.4) is 0 Å². The summed E-state index contributed by atoms with van der Waals surface area (Å²) in [5, 5.41) is 6.12. The summed E-state index contributed by atoms with van der Waals surface area (Å²) < 4.78 is 12.7. The molecule has 1 saturated heterocycles. The molecule has 1 aromatic heterocycles. The molecular weight excluding hydrogens is 392 g/mol. The first-order valence-electron chi connectivity index (χ1n) is 10.6. The van der Waals surface area contributed by atoms with Gasteiger partial charge in [0.25, 0.3) is 0 Å². The Labute approximate surface area is 182 Å². The molecule has 0 bridgehead atoms. The number of nitrogens with zero attached hydrogens (tertiary/aromatic N) is 2. The molecule has 3 aromatic rings. The Balaban J connectivity index is 1.52. The average Bonchev–Trinajstić information content (AvgIpc) is 3.45. The molecule has 2 aromatic carbocycles. The number of hydrogen-bond acceptors (Lipinski definition) is 5. The van der Waals surface area contributed by atoms with Crippen molar-refractivity contribution < 1.29 is 14.3 Å². The minimum atomic E-state index is -0.141. The van der Waals surface area contributed by atoms with Crippen molar-refractivity contribution in [3.63, 3.8) is 0 Å². The number of aryl methyl sites for hydroxylation is 1. The van der Waals surface area contributed by atoms with Gasteiger partial charge < -0.3 is 14.8 Å². The van der Waals surface area contributed by atoms with Gasteiger partial charge in [-0.25, -0.2) is 4.98 Å². The summed E-state index contributed by atoms with van der Waals surface area (Å²) in [5.41, 5.74) is 3.81. The van der Waals surface area contributed by atoms with Gasteiger partial charge in [0, 0.05) is 30.6 Å². The minimum absolute atomic E-state index is 0.141. The van der Waals surface area contributed by atoms with E-state index >= 15 is 0 Å². The molecule has 0 saturated carbocycles. The molecule has 1 amide bonds. The number of carbonyl (C=O) groups excluding carboxylic acids is 1. The number of hydrogen-bond donors (Lipinski definition) is 2.